The molecule has 0 aliphatic heterocycles. The number of hydrogen-bond acceptors (Lipinski definition) is 3. The minimum absolute atomic E-state index is 0.0995. The average Bonchev–Trinajstić information content (AvgIpc) is 3.03. The Morgan fingerprint density at radius 3 is 2.67 bits per heavy atom. The molecule has 3 unspecified atom stereocenters. The summed E-state index contributed by atoms with van der Waals surface area (Å²) in [5.74, 6) is 1.23. The number of benzene rings is 1. The first-order valence-electron chi connectivity index (χ1n) is 7.42. The number of rotatable bonds is 4. The fourth-order valence-corrected chi connectivity index (χ4v) is 6.16. The van der Waals surface area contributed by atoms with Crippen LogP contribution in [-0.2, 0) is 16.6 Å². The fourth-order valence-electron chi connectivity index (χ4n) is 3.77. The number of aryl methyl sites for hydroxylation is 1. The highest BCUT2D eigenvalue weighted by Crippen LogP contribution is 2.45. The average molecular weight is 373 g/mol. The van der Waals surface area contributed by atoms with Crippen LogP contribution >= 0.6 is 15.9 Å². The number of nitrogens with two attached hydrogens (primary N) is 1. The Balaban J connectivity index is 1.89. The van der Waals surface area contributed by atoms with Gasteiger partial charge in [0.2, 0.25) is 10.0 Å². The van der Waals surface area contributed by atoms with Crippen molar-refractivity contribution in [2.24, 2.45) is 17.6 Å². The van der Waals surface area contributed by atoms with Gasteiger partial charge in [-0.15, -0.1) is 0 Å². The summed E-state index contributed by atoms with van der Waals surface area (Å²) in [6.45, 7) is 2.23. The van der Waals surface area contributed by atoms with Crippen molar-refractivity contribution in [2.45, 2.75) is 50.1 Å². The molecule has 2 aliphatic rings. The molecular formula is C15H21BrN2O2S. The predicted octanol–water partition coefficient (Wildman–Crippen LogP) is 2.68. The minimum atomic E-state index is -3.50. The van der Waals surface area contributed by atoms with E-state index >= 15 is 0 Å². The molecule has 116 valence electrons. The Kier molecular flexibility index (Phi) is 4.16. The topological polar surface area (TPSA) is 72.2 Å². The van der Waals surface area contributed by atoms with Gasteiger partial charge in [-0.05, 0) is 71.1 Å². The van der Waals surface area contributed by atoms with E-state index in [-0.39, 0.29) is 6.04 Å². The third-order valence-corrected chi connectivity index (χ3v) is 7.68. The molecule has 4 nitrogen and oxygen atoms in total. The Morgan fingerprint density at radius 1 is 1.33 bits per heavy atom. The zero-order valence-electron chi connectivity index (χ0n) is 12.1. The van der Waals surface area contributed by atoms with Crippen LogP contribution in [-0.4, -0.2) is 14.5 Å². The van der Waals surface area contributed by atoms with Crippen LogP contribution in [0.4, 0.5) is 0 Å². The molecule has 3 rings (SSSR count). The second-order valence-electron chi connectivity index (χ2n) is 6.33. The van der Waals surface area contributed by atoms with Gasteiger partial charge in [0.05, 0.1) is 4.90 Å². The fraction of sp³-hybridized carbons (Fsp3) is 0.600. The van der Waals surface area contributed by atoms with Crippen LogP contribution in [0.1, 0.15) is 36.8 Å². The number of halogens is 1. The van der Waals surface area contributed by atoms with Gasteiger partial charge in [0, 0.05) is 17.1 Å². The van der Waals surface area contributed by atoms with E-state index in [1.54, 1.807) is 6.07 Å². The number of fused-ring (bicyclic) bond motifs is 2. The monoisotopic (exact) mass is 372 g/mol. The number of nitrogens with one attached hydrogen (secondary N) is 1. The maximum Gasteiger partial charge on any atom is 0.241 e. The molecule has 2 aliphatic carbocycles. The summed E-state index contributed by atoms with van der Waals surface area (Å²) >= 11 is 3.41. The Bertz CT molecular complexity index is 660. The summed E-state index contributed by atoms with van der Waals surface area (Å²) in [5.41, 5.74) is 7.40. The van der Waals surface area contributed by atoms with Crippen molar-refractivity contribution in [3.63, 3.8) is 0 Å². The first-order valence-corrected chi connectivity index (χ1v) is 9.69. The molecular weight excluding hydrogens is 352 g/mol. The largest absolute Gasteiger partial charge is 0.326 e. The summed E-state index contributed by atoms with van der Waals surface area (Å²) in [7, 11) is -3.50. The lowest BCUT2D eigenvalue weighted by Gasteiger charge is -2.23. The van der Waals surface area contributed by atoms with Gasteiger partial charge in [-0.3, -0.25) is 0 Å². The molecule has 0 spiro atoms. The second-order valence-corrected chi connectivity index (χ2v) is 8.81. The lowest BCUT2D eigenvalue weighted by atomic mass is 9.96. The third kappa shape index (κ3) is 2.91. The summed E-state index contributed by atoms with van der Waals surface area (Å²) in [5, 5.41) is 0. The maximum atomic E-state index is 12.7. The highest BCUT2D eigenvalue weighted by atomic mass is 79.9. The van der Waals surface area contributed by atoms with E-state index in [4.69, 9.17) is 5.73 Å². The van der Waals surface area contributed by atoms with Crippen molar-refractivity contribution in [3.8, 4) is 0 Å². The lowest BCUT2D eigenvalue weighted by molar-refractivity contribution is 0.390. The molecule has 0 aromatic heterocycles. The Labute approximate surface area is 134 Å². The van der Waals surface area contributed by atoms with Crippen molar-refractivity contribution in [1.82, 2.24) is 4.72 Å². The Hall–Kier alpha value is -0.430. The van der Waals surface area contributed by atoms with Crippen molar-refractivity contribution >= 4 is 26.0 Å². The van der Waals surface area contributed by atoms with Gasteiger partial charge >= 0.3 is 0 Å². The maximum absolute atomic E-state index is 12.7. The van der Waals surface area contributed by atoms with Crippen molar-refractivity contribution in [2.75, 3.05) is 0 Å². The van der Waals surface area contributed by atoms with Crippen LogP contribution in [0.5, 0.6) is 0 Å². The van der Waals surface area contributed by atoms with E-state index in [0.29, 0.717) is 27.7 Å². The van der Waals surface area contributed by atoms with Crippen LogP contribution < -0.4 is 10.5 Å². The molecule has 2 bridgehead atoms. The van der Waals surface area contributed by atoms with Gasteiger partial charge < -0.3 is 5.73 Å². The van der Waals surface area contributed by atoms with Crippen molar-refractivity contribution in [3.05, 3.63) is 27.7 Å². The lowest BCUT2D eigenvalue weighted by Crippen LogP contribution is -2.38. The van der Waals surface area contributed by atoms with E-state index in [1.807, 2.05) is 13.0 Å². The predicted molar refractivity (Wildman–Crippen MR) is 86.3 cm³/mol. The summed E-state index contributed by atoms with van der Waals surface area (Å²) in [6, 6.07) is 3.69. The van der Waals surface area contributed by atoms with Crippen LogP contribution in [0.25, 0.3) is 0 Å². The van der Waals surface area contributed by atoms with E-state index in [1.165, 1.54) is 12.8 Å². The first-order chi connectivity index (χ1) is 9.90. The molecule has 1 aromatic carbocycles. The summed E-state index contributed by atoms with van der Waals surface area (Å²) < 4.78 is 29.0. The smallest absolute Gasteiger partial charge is 0.241 e. The Morgan fingerprint density at radius 2 is 2.10 bits per heavy atom. The van der Waals surface area contributed by atoms with E-state index in [2.05, 4.69) is 20.7 Å². The molecule has 0 saturated heterocycles. The highest BCUT2D eigenvalue weighted by Gasteiger charge is 2.41. The van der Waals surface area contributed by atoms with Gasteiger partial charge in [0.15, 0.2) is 0 Å². The van der Waals surface area contributed by atoms with E-state index in [0.717, 1.165) is 24.0 Å². The molecule has 0 amide bonds. The van der Waals surface area contributed by atoms with Crippen molar-refractivity contribution in [1.29, 1.82) is 0 Å². The normalized spacial score (nSPS) is 28.2. The second kappa shape index (κ2) is 5.65. The number of hydrogen-bond donors (Lipinski definition) is 2. The molecule has 2 fully saturated rings. The molecule has 0 radical (unpaired) electrons. The zero-order valence-corrected chi connectivity index (χ0v) is 14.5. The molecule has 3 N–H and O–H groups in total. The highest BCUT2D eigenvalue weighted by molar-refractivity contribution is 9.10. The summed E-state index contributed by atoms with van der Waals surface area (Å²) in [4.78, 5) is 0.311. The van der Waals surface area contributed by atoms with Gasteiger partial charge in [0.25, 0.3) is 0 Å². The third-order valence-electron chi connectivity index (χ3n) is 4.85. The van der Waals surface area contributed by atoms with Gasteiger partial charge in [-0.1, -0.05) is 12.5 Å². The molecule has 2 saturated carbocycles. The first kappa shape index (κ1) is 15.5. The molecule has 21 heavy (non-hydrogen) atoms. The van der Waals surface area contributed by atoms with E-state index in [9.17, 15) is 8.42 Å². The SMILES string of the molecule is Cc1cc(CN)cc(S(=O)(=O)NC2CC3CCC2C3)c1Br. The molecule has 0 heterocycles. The molecule has 1 aromatic rings. The standard InChI is InChI=1S/C15H21BrN2O2S/c1-9-4-11(8-17)7-14(15(9)16)21(19,20)18-13-6-10-2-3-12(13)5-10/h4,7,10,12-13,18H,2-3,5-6,8,17H2,1H3. The van der Waals surface area contributed by atoms with Gasteiger partial charge in [-0.2, -0.15) is 0 Å². The zero-order chi connectivity index (χ0) is 15.2. The van der Waals surface area contributed by atoms with Gasteiger partial charge in [-0.25, -0.2) is 13.1 Å². The van der Waals surface area contributed by atoms with Crippen LogP contribution in [0.2, 0.25) is 0 Å². The van der Waals surface area contributed by atoms with Crippen LogP contribution in [0, 0.1) is 18.8 Å². The van der Waals surface area contributed by atoms with Crippen LogP contribution in [0.3, 0.4) is 0 Å². The number of sulfonamides is 1. The summed E-state index contributed by atoms with van der Waals surface area (Å²) in [6.07, 6.45) is 4.57. The molecule has 6 heteroatoms. The van der Waals surface area contributed by atoms with Gasteiger partial charge in [0.1, 0.15) is 0 Å². The molecule has 3 atom stereocenters. The minimum Gasteiger partial charge on any atom is -0.326 e. The van der Waals surface area contributed by atoms with E-state index < -0.39 is 10.0 Å². The van der Waals surface area contributed by atoms with Crippen molar-refractivity contribution < 1.29 is 8.42 Å². The quantitative estimate of drug-likeness (QED) is 0.853. The van der Waals surface area contributed by atoms with Crippen LogP contribution in [0.15, 0.2) is 21.5 Å².